The minimum atomic E-state index is -0.890. The van der Waals surface area contributed by atoms with Crippen LogP contribution in [-0.2, 0) is 14.3 Å². The first-order valence-corrected chi connectivity index (χ1v) is 8.89. The fourth-order valence-corrected chi connectivity index (χ4v) is 2.55. The summed E-state index contributed by atoms with van der Waals surface area (Å²) in [5.41, 5.74) is 1.28. The predicted molar refractivity (Wildman–Crippen MR) is 102 cm³/mol. The molecule has 2 aromatic rings. The highest BCUT2D eigenvalue weighted by Gasteiger charge is 2.23. The van der Waals surface area contributed by atoms with E-state index in [0.717, 1.165) is 5.56 Å². The van der Waals surface area contributed by atoms with Crippen LogP contribution < -0.4 is 10.6 Å². The van der Waals surface area contributed by atoms with E-state index < -0.39 is 18.1 Å². The number of ether oxygens (including phenoxy) is 1. The van der Waals surface area contributed by atoms with Crippen LogP contribution in [0.15, 0.2) is 60.7 Å². The highest BCUT2D eigenvalue weighted by molar-refractivity contribution is 5.94. The Morgan fingerprint density at radius 3 is 2.15 bits per heavy atom. The van der Waals surface area contributed by atoms with Crippen LogP contribution in [0.2, 0.25) is 0 Å². The second kappa shape index (κ2) is 10.1. The smallest absolute Gasteiger partial charge is 0.309 e. The van der Waals surface area contributed by atoms with Crippen molar-refractivity contribution in [3.8, 4) is 0 Å². The number of hydrogen-bond donors (Lipinski definition) is 2. The molecule has 2 aromatic carbocycles. The van der Waals surface area contributed by atoms with Crippen molar-refractivity contribution in [1.82, 2.24) is 10.6 Å². The summed E-state index contributed by atoms with van der Waals surface area (Å²) in [6.07, 6.45) is -0.967. The summed E-state index contributed by atoms with van der Waals surface area (Å²) in [6, 6.07) is 17.4. The quantitative estimate of drug-likeness (QED) is 0.702. The second-order valence-corrected chi connectivity index (χ2v) is 6.03. The Morgan fingerprint density at radius 2 is 1.56 bits per heavy atom. The van der Waals surface area contributed by atoms with E-state index in [0.29, 0.717) is 12.1 Å². The van der Waals surface area contributed by atoms with Gasteiger partial charge in [-0.3, -0.25) is 14.4 Å². The molecular formula is C21H24N2O4. The monoisotopic (exact) mass is 368 g/mol. The average Bonchev–Trinajstić information content (AvgIpc) is 2.68. The Kier molecular flexibility index (Phi) is 7.55. The number of carbonyl (C=O) groups excluding carboxylic acids is 3. The molecule has 0 aliphatic heterocycles. The number of nitrogens with one attached hydrogen (secondary N) is 2. The number of amides is 2. The van der Waals surface area contributed by atoms with E-state index in [1.54, 1.807) is 31.2 Å². The molecule has 2 N–H and O–H groups in total. The number of likely N-dealkylation sites (N-methyl/N-ethyl adjacent to an activating group) is 1. The van der Waals surface area contributed by atoms with Gasteiger partial charge in [0.25, 0.3) is 11.8 Å². The molecule has 0 saturated carbocycles. The molecule has 0 unspecified atom stereocenters. The lowest BCUT2D eigenvalue weighted by Crippen LogP contribution is -2.37. The van der Waals surface area contributed by atoms with Gasteiger partial charge >= 0.3 is 5.97 Å². The number of rotatable bonds is 8. The molecule has 0 saturated heterocycles. The minimum absolute atomic E-state index is 0.0771. The van der Waals surface area contributed by atoms with Gasteiger partial charge in [-0.15, -0.1) is 0 Å². The third-order valence-electron chi connectivity index (χ3n) is 3.94. The first kappa shape index (κ1) is 20.2. The van der Waals surface area contributed by atoms with Crippen molar-refractivity contribution in [3.05, 3.63) is 71.8 Å². The molecule has 2 atom stereocenters. The molecular weight excluding hydrogens is 344 g/mol. The fourth-order valence-electron chi connectivity index (χ4n) is 2.55. The van der Waals surface area contributed by atoms with Gasteiger partial charge in [0, 0.05) is 12.1 Å². The standard InChI is InChI=1S/C21H24N2O4/c1-3-22-20(25)15(2)27-19(24)14-18(16-10-6-4-7-11-16)23-21(26)17-12-8-5-9-13-17/h4-13,15,18H,3,14H2,1-2H3,(H,22,25)(H,23,26)/t15-,18-/m1/s1. The molecule has 0 bridgehead atoms. The zero-order valence-electron chi connectivity index (χ0n) is 15.5. The Labute approximate surface area is 158 Å². The van der Waals surface area contributed by atoms with Crippen molar-refractivity contribution in [1.29, 1.82) is 0 Å². The fraction of sp³-hybridized carbons (Fsp3) is 0.286. The van der Waals surface area contributed by atoms with E-state index in [9.17, 15) is 14.4 Å². The Morgan fingerprint density at radius 1 is 0.963 bits per heavy atom. The van der Waals surface area contributed by atoms with Crippen LogP contribution >= 0.6 is 0 Å². The number of hydrogen-bond acceptors (Lipinski definition) is 4. The summed E-state index contributed by atoms with van der Waals surface area (Å²) in [5.74, 6) is -1.19. The zero-order chi connectivity index (χ0) is 19.6. The highest BCUT2D eigenvalue weighted by Crippen LogP contribution is 2.18. The number of benzene rings is 2. The van der Waals surface area contributed by atoms with Gasteiger partial charge < -0.3 is 15.4 Å². The Bertz CT molecular complexity index is 762. The van der Waals surface area contributed by atoms with Crippen LogP contribution in [-0.4, -0.2) is 30.4 Å². The van der Waals surface area contributed by atoms with Crippen LogP contribution in [0.5, 0.6) is 0 Å². The number of esters is 1. The maximum absolute atomic E-state index is 12.5. The molecule has 0 spiro atoms. The van der Waals surface area contributed by atoms with Gasteiger partial charge in [-0.2, -0.15) is 0 Å². The number of carbonyl (C=O) groups is 3. The largest absolute Gasteiger partial charge is 0.452 e. The summed E-state index contributed by atoms with van der Waals surface area (Å²) in [6.45, 7) is 3.76. The maximum Gasteiger partial charge on any atom is 0.309 e. The van der Waals surface area contributed by atoms with Crippen LogP contribution in [0.1, 0.15) is 42.2 Å². The van der Waals surface area contributed by atoms with E-state index in [-0.39, 0.29) is 18.2 Å². The molecule has 0 fully saturated rings. The summed E-state index contributed by atoms with van der Waals surface area (Å²) < 4.78 is 5.20. The van der Waals surface area contributed by atoms with Gasteiger partial charge in [0.1, 0.15) is 0 Å². The van der Waals surface area contributed by atoms with Crippen molar-refractivity contribution in [2.75, 3.05) is 6.54 Å². The van der Waals surface area contributed by atoms with Gasteiger partial charge in [0.05, 0.1) is 12.5 Å². The molecule has 0 aliphatic carbocycles. The van der Waals surface area contributed by atoms with Gasteiger partial charge in [-0.05, 0) is 31.5 Å². The van der Waals surface area contributed by atoms with Crippen LogP contribution in [0.4, 0.5) is 0 Å². The van der Waals surface area contributed by atoms with Crippen molar-refractivity contribution in [3.63, 3.8) is 0 Å². The first-order chi connectivity index (χ1) is 13.0. The molecule has 6 nitrogen and oxygen atoms in total. The van der Waals surface area contributed by atoms with Gasteiger partial charge in [-0.25, -0.2) is 0 Å². The van der Waals surface area contributed by atoms with E-state index in [1.165, 1.54) is 6.92 Å². The summed E-state index contributed by atoms with van der Waals surface area (Å²) in [7, 11) is 0. The third kappa shape index (κ3) is 6.26. The SMILES string of the molecule is CCNC(=O)[C@@H](C)OC(=O)C[C@@H](NC(=O)c1ccccc1)c1ccccc1. The Balaban J connectivity index is 2.08. The summed E-state index contributed by atoms with van der Waals surface area (Å²) in [4.78, 5) is 36.5. The van der Waals surface area contributed by atoms with Crippen LogP contribution in [0.25, 0.3) is 0 Å². The van der Waals surface area contributed by atoms with Crippen molar-refractivity contribution in [2.24, 2.45) is 0 Å². The third-order valence-corrected chi connectivity index (χ3v) is 3.94. The van der Waals surface area contributed by atoms with Crippen LogP contribution in [0, 0.1) is 0 Å². The normalized spacial score (nSPS) is 12.5. The second-order valence-electron chi connectivity index (χ2n) is 6.03. The topological polar surface area (TPSA) is 84.5 Å². The molecule has 2 rings (SSSR count). The summed E-state index contributed by atoms with van der Waals surface area (Å²) in [5, 5.41) is 5.47. The lowest BCUT2D eigenvalue weighted by atomic mass is 10.0. The van der Waals surface area contributed by atoms with Crippen molar-refractivity contribution < 1.29 is 19.1 Å². The molecule has 6 heteroatoms. The van der Waals surface area contributed by atoms with Gasteiger partial charge in [0.15, 0.2) is 6.10 Å². The summed E-state index contributed by atoms with van der Waals surface area (Å²) >= 11 is 0. The average molecular weight is 368 g/mol. The molecule has 27 heavy (non-hydrogen) atoms. The minimum Gasteiger partial charge on any atom is -0.452 e. The Hall–Kier alpha value is -3.15. The van der Waals surface area contributed by atoms with E-state index >= 15 is 0 Å². The lowest BCUT2D eigenvalue weighted by molar-refractivity contribution is -0.155. The predicted octanol–water partition coefficient (Wildman–Crippen LogP) is 2.62. The van der Waals surface area contributed by atoms with E-state index in [1.807, 2.05) is 36.4 Å². The molecule has 2 amide bonds. The first-order valence-electron chi connectivity index (χ1n) is 8.89. The molecule has 0 aliphatic rings. The highest BCUT2D eigenvalue weighted by atomic mass is 16.5. The van der Waals surface area contributed by atoms with Crippen LogP contribution in [0.3, 0.4) is 0 Å². The van der Waals surface area contributed by atoms with E-state index in [2.05, 4.69) is 10.6 Å². The van der Waals surface area contributed by atoms with Crippen molar-refractivity contribution >= 4 is 17.8 Å². The zero-order valence-corrected chi connectivity index (χ0v) is 15.5. The van der Waals surface area contributed by atoms with E-state index in [4.69, 9.17) is 4.74 Å². The maximum atomic E-state index is 12.5. The van der Waals surface area contributed by atoms with Gasteiger partial charge in [-0.1, -0.05) is 48.5 Å². The lowest BCUT2D eigenvalue weighted by Gasteiger charge is -2.20. The molecule has 0 radical (unpaired) electrons. The molecule has 0 heterocycles. The molecule has 0 aromatic heterocycles. The van der Waals surface area contributed by atoms with Crippen molar-refractivity contribution in [2.45, 2.75) is 32.4 Å². The van der Waals surface area contributed by atoms with Gasteiger partial charge in [0.2, 0.25) is 0 Å². The molecule has 142 valence electrons.